The summed E-state index contributed by atoms with van der Waals surface area (Å²) in [4.78, 5) is 44.5. The molecular weight excluding hydrogens is 378 g/mol. The van der Waals surface area contributed by atoms with Crippen LogP contribution < -0.4 is 5.32 Å². The summed E-state index contributed by atoms with van der Waals surface area (Å²) >= 11 is 1.18. The van der Waals surface area contributed by atoms with Gasteiger partial charge in [0.2, 0.25) is 5.91 Å². The molecule has 7 nitrogen and oxygen atoms in total. The third kappa shape index (κ3) is 4.66. The second kappa shape index (κ2) is 8.53. The van der Waals surface area contributed by atoms with E-state index < -0.39 is 5.97 Å². The number of rotatable bonds is 6. The number of nitrogens with one attached hydrogen (secondary N) is 1. The van der Waals surface area contributed by atoms with Crippen molar-refractivity contribution in [3.05, 3.63) is 64.8 Å². The zero-order valence-corrected chi connectivity index (χ0v) is 16.1. The number of pyridine rings is 1. The van der Waals surface area contributed by atoms with Crippen LogP contribution in [0.5, 0.6) is 0 Å². The van der Waals surface area contributed by atoms with E-state index in [-0.39, 0.29) is 18.3 Å². The molecule has 1 aromatic carbocycles. The topological polar surface area (TPSA) is 98.2 Å². The lowest BCUT2D eigenvalue weighted by Gasteiger charge is -2.05. The van der Waals surface area contributed by atoms with Crippen LogP contribution in [0.3, 0.4) is 0 Å². The van der Waals surface area contributed by atoms with E-state index in [0.717, 1.165) is 0 Å². The highest BCUT2D eigenvalue weighted by Crippen LogP contribution is 2.27. The van der Waals surface area contributed by atoms with E-state index >= 15 is 0 Å². The largest absolute Gasteiger partial charge is 0.453 e. The van der Waals surface area contributed by atoms with Crippen LogP contribution in [-0.2, 0) is 9.53 Å². The fourth-order valence-corrected chi connectivity index (χ4v) is 3.34. The maximum Gasteiger partial charge on any atom is 0.350 e. The number of thiazole rings is 1. The molecule has 3 rings (SSSR count). The minimum absolute atomic E-state index is 0.196. The number of anilines is 1. The zero-order valence-electron chi connectivity index (χ0n) is 15.3. The van der Waals surface area contributed by atoms with Gasteiger partial charge in [-0.3, -0.25) is 14.6 Å². The van der Waals surface area contributed by atoms with Crippen molar-refractivity contribution in [1.82, 2.24) is 9.97 Å². The van der Waals surface area contributed by atoms with Crippen molar-refractivity contribution in [2.24, 2.45) is 0 Å². The summed E-state index contributed by atoms with van der Waals surface area (Å²) in [6, 6.07) is 11.8. The molecule has 0 aliphatic carbocycles. The number of aromatic nitrogens is 2. The average molecular weight is 395 g/mol. The molecule has 0 unspecified atom stereocenters. The number of hydrogen-bond acceptors (Lipinski definition) is 7. The summed E-state index contributed by atoms with van der Waals surface area (Å²) in [6.07, 6.45) is 1.65. The first-order valence-electron chi connectivity index (χ1n) is 8.41. The summed E-state index contributed by atoms with van der Waals surface area (Å²) in [7, 11) is 0. The predicted molar refractivity (Wildman–Crippen MR) is 105 cm³/mol. The van der Waals surface area contributed by atoms with Crippen molar-refractivity contribution in [2.75, 3.05) is 11.9 Å². The smallest absolute Gasteiger partial charge is 0.350 e. The second-order valence-corrected chi connectivity index (χ2v) is 6.91. The van der Waals surface area contributed by atoms with Gasteiger partial charge in [0, 0.05) is 24.4 Å². The quantitative estimate of drug-likeness (QED) is 0.507. The van der Waals surface area contributed by atoms with Crippen LogP contribution in [0.4, 0.5) is 5.69 Å². The third-order valence-corrected chi connectivity index (χ3v) is 4.89. The van der Waals surface area contributed by atoms with Crippen LogP contribution in [0, 0.1) is 6.92 Å². The number of ketones is 1. The third-order valence-electron chi connectivity index (χ3n) is 3.73. The van der Waals surface area contributed by atoms with Crippen molar-refractivity contribution in [2.45, 2.75) is 13.8 Å². The number of benzene rings is 1. The Morgan fingerprint density at radius 2 is 1.86 bits per heavy atom. The Balaban J connectivity index is 1.63. The van der Waals surface area contributed by atoms with Crippen LogP contribution in [0.1, 0.15) is 32.6 Å². The van der Waals surface area contributed by atoms with Gasteiger partial charge in [0.15, 0.2) is 12.4 Å². The molecule has 0 fully saturated rings. The number of esters is 1. The molecule has 142 valence electrons. The average Bonchev–Trinajstić information content (AvgIpc) is 3.08. The van der Waals surface area contributed by atoms with E-state index in [9.17, 15) is 14.4 Å². The van der Waals surface area contributed by atoms with Gasteiger partial charge in [-0.15, -0.1) is 11.3 Å². The number of nitrogens with zero attached hydrogens (tertiary/aromatic N) is 2. The number of carbonyl (C=O) groups excluding carboxylic acids is 3. The summed E-state index contributed by atoms with van der Waals surface area (Å²) in [6.45, 7) is 2.73. The lowest BCUT2D eigenvalue weighted by Crippen LogP contribution is -2.14. The molecule has 3 aromatic rings. The number of ether oxygens (including phenoxy) is 1. The molecule has 0 radical (unpaired) electrons. The monoisotopic (exact) mass is 395 g/mol. The fraction of sp³-hybridized carbons (Fsp3) is 0.150. The van der Waals surface area contributed by atoms with Gasteiger partial charge in [-0.25, -0.2) is 9.78 Å². The van der Waals surface area contributed by atoms with E-state index in [4.69, 9.17) is 4.74 Å². The molecule has 2 heterocycles. The summed E-state index contributed by atoms with van der Waals surface area (Å²) in [5.74, 6) is -1.13. The molecule has 0 bridgehead atoms. The maximum atomic E-state index is 12.3. The van der Waals surface area contributed by atoms with Gasteiger partial charge in [0.1, 0.15) is 9.88 Å². The molecule has 28 heavy (non-hydrogen) atoms. The highest BCUT2D eigenvalue weighted by molar-refractivity contribution is 7.17. The summed E-state index contributed by atoms with van der Waals surface area (Å²) in [5, 5.41) is 3.23. The number of hydrogen-bond donors (Lipinski definition) is 1. The van der Waals surface area contributed by atoms with E-state index in [0.29, 0.717) is 32.5 Å². The van der Waals surface area contributed by atoms with Crippen LogP contribution in [0.2, 0.25) is 0 Å². The second-order valence-electron chi connectivity index (χ2n) is 5.91. The van der Waals surface area contributed by atoms with Gasteiger partial charge in [-0.05, 0) is 43.3 Å². The molecule has 0 aliphatic heterocycles. The first kappa shape index (κ1) is 19.4. The van der Waals surface area contributed by atoms with Crippen molar-refractivity contribution in [1.29, 1.82) is 0 Å². The first-order chi connectivity index (χ1) is 13.4. The zero-order chi connectivity index (χ0) is 20.1. The number of Topliss-reactive ketones (excluding diaryl/α,β-unsaturated/α-hetero) is 1. The van der Waals surface area contributed by atoms with E-state index in [1.54, 1.807) is 43.5 Å². The number of amides is 1. The van der Waals surface area contributed by atoms with Crippen LogP contribution >= 0.6 is 11.3 Å². The molecule has 0 aliphatic rings. The van der Waals surface area contributed by atoms with Gasteiger partial charge in [-0.2, -0.15) is 0 Å². The van der Waals surface area contributed by atoms with Crippen LogP contribution in [0.15, 0.2) is 48.7 Å². The SMILES string of the molecule is CC(=O)Nc1ccc(C(=O)COC(=O)c2sc(-c3ccccn3)nc2C)cc1. The molecule has 8 heteroatoms. The number of carbonyl (C=O) groups is 3. The van der Waals surface area contributed by atoms with Gasteiger partial charge >= 0.3 is 5.97 Å². The molecule has 1 amide bonds. The summed E-state index contributed by atoms with van der Waals surface area (Å²) < 4.78 is 5.16. The highest BCUT2D eigenvalue weighted by atomic mass is 32.1. The van der Waals surface area contributed by atoms with E-state index in [2.05, 4.69) is 15.3 Å². The molecule has 0 saturated heterocycles. The van der Waals surface area contributed by atoms with Crippen molar-refractivity contribution in [3.63, 3.8) is 0 Å². The Morgan fingerprint density at radius 3 is 2.50 bits per heavy atom. The normalized spacial score (nSPS) is 10.4. The van der Waals surface area contributed by atoms with E-state index in [1.807, 2.05) is 12.1 Å². The minimum Gasteiger partial charge on any atom is -0.453 e. The Hall–Kier alpha value is -3.39. The number of aryl methyl sites for hydroxylation is 1. The van der Waals surface area contributed by atoms with Gasteiger partial charge in [-0.1, -0.05) is 6.07 Å². The Kier molecular flexibility index (Phi) is 5.90. The van der Waals surface area contributed by atoms with Gasteiger partial charge < -0.3 is 10.1 Å². The standard InChI is InChI=1S/C20H17N3O4S/c1-12-18(28-19(22-12)16-5-3-4-10-21-16)20(26)27-11-17(25)14-6-8-15(9-7-14)23-13(2)24/h3-10H,11H2,1-2H3,(H,23,24). The van der Waals surface area contributed by atoms with E-state index in [1.165, 1.54) is 18.3 Å². The maximum absolute atomic E-state index is 12.3. The molecule has 0 spiro atoms. The first-order valence-corrected chi connectivity index (χ1v) is 9.22. The van der Waals surface area contributed by atoms with Gasteiger partial charge in [0.05, 0.1) is 11.4 Å². The lowest BCUT2D eigenvalue weighted by atomic mass is 10.1. The predicted octanol–water partition coefficient (Wildman–Crippen LogP) is 3.51. The van der Waals surface area contributed by atoms with Crippen molar-refractivity contribution >= 4 is 34.7 Å². The summed E-state index contributed by atoms with van der Waals surface area (Å²) in [5.41, 5.74) is 2.17. The lowest BCUT2D eigenvalue weighted by molar-refractivity contribution is -0.114. The van der Waals surface area contributed by atoms with Crippen LogP contribution in [0.25, 0.3) is 10.7 Å². The van der Waals surface area contributed by atoms with Crippen molar-refractivity contribution in [3.8, 4) is 10.7 Å². The Labute approximate surface area is 165 Å². The Morgan fingerprint density at radius 1 is 1.11 bits per heavy atom. The molecule has 0 atom stereocenters. The Bertz CT molecular complexity index is 1010. The minimum atomic E-state index is -0.597. The molecular formula is C20H17N3O4S. The fourth-order valence-electron chi connectivity index (χ4n) is 2.41. The highest BCUT2D eigenvalue weighted by Gasteiger charge is 2.19. The van der Waals surface area contributed by atoms with Crippen LogP contribution in [-0.4, -0.2) is 34.2 Å². The molecule has 2 aromatic heterocycles. The molecule has 0 saturated carbocycles. The van der Waals surface area contributed by atoms with Crippen molar-refractivity contribution < 1.29 is 19.1 Å². The molecule has 1 N–H and O–H groups in total. The van der Waals surface area contributed by atoms with Gasteiger partial charge in [0.25, 0.3) is 0 Å².